The number of methoxy groups -OCH3 is 2. The third kappa shape index (κ3) is 7.98. The van der Waals surface area contributed by atoms with Gasteiger partial charge in [0.15, 0.2) is 0 Å². The van der Waals surface area contributed by atoms with Gasteiger partial charge in [-0.1, -0.05) is 4.70 Å². The van der Waals surface area contributed by atoms with E-state index in [0.717, 1.165) is 22.7 Å². The molecule has 0 aliphatic rings. The maximum absolute atomic E-state index is 12.1. The van der Waals surface area contributed by atoms with Crippen molar-refractivity contribution in [2.24, 2.45) is 0 Å². The van der Waals surface area contributed by atoms with Crippen LogP contribution in [0.5, 0.6) is 11.5 Å². The van der Waals surface area contributed by atoms with Gasteiger partial charge in [0.25, 0.3) is 0 Å². The zero-order valence-corrected chi connectivity index (χ0v) is 21.2. The molecule has 0 amide bonds. The molecule has 2 N–H and O–H groups in total. The third-order valence-corrected chi connectivity index (χ3v) is 6.16. The van der Waals surface area contributed by atoms with Gasteiger partial charge < -0.3 is 19.7 Å². The van der Waals surface area contributed by atoms with Crippen molar-refractivity contribution in [3.05, 3.63) is 57.9 Å². The summed E-state index contributed by atoms with van der Waals surface area (Å²) in [6.07, 6.45) is -8.32. The number of aromatic nitrogens is 2. The topological polar surface area (TPSA) is 84.7 Å². The number of fused-ring (bicyclic) bond motifs is 2. The van der Waals surface area contributed by atoms with Crippen molar-refractivity contribution >= 4 is 55.3 Å². The molecule has 0 fully saturated rings. The van der Waals surface area contributed by atoms with E-state index in [2.05, 4.69) is 16.0 Å². The molecular formula is C22H15CoF6N2O4S2-. The van der Waals surface area contributed by atoms with E-state index in [9.17, 15) is 26.3 Å². The first-order chi connectivity index (χ1) is 16.8. The van der Waals surface area contributed by atoms with Crippen LogP contribution in [0.25, 0.3) is 32.6 Å². The summed E-state index contributed by atoms with van der Waals surface area (Å²) in [6.45, 7) is 0. The number of halogens is 6. The average molecular weight is 608 g/mol. The van der Waals surface area contributed by atoms with E-state index in [4.69, 9.17) is 19.7 Å². The Balaban J connectivity index is 0.000000253. The summed E-state index contributed by atoms with van der Waals surface area (Å²) in [5.41, 5.74) is 0.990. The Labute approximate surface area is 223 Å². The van der Waals surface area contributed by atoms with Crippen LogP contribution < -0.4 is 9.47 Å². The first kappa shape index (κ1) is 30.2. The van der Waals surface area contributed by atoms with Crippen LogP contribution in [0.2, 0.25) is 0 Å². The first-order valence-electron chi connectivity index (χ1n) is 9.56. The molecule has 37 heavy (non-hydrogen) atoms. The fourth-order valence-corrected chi connectivity index (χ4v) is 4.39. The summed E-state index contributed by atoms with van der Waals surface area (Å²) in [7, 11) is 2.98. The number of benzene rings is 2. The van der Waals surface area contributed by atoms with Crippen molar-refractivity contribution in [1.82, 2.24) is 9.97 Å². The summed E-state index contributed by atoms with van der Waals surface area (Å²) in [5.74, 6) is -2.19. The van der Waals surface area contributed by atoms with Crippen LogP contribution >= 0.6 is 22.7 Å². The molecule has 6 nitrogen and oxygen atoms in total. The average Bonchev–Trinajstić information content (AvgIpc) is 3.39. The quantitative estimate of drug-likeness (QED) is 0.143. The summed E-state index contributed by atoms with van der Waals surface area (Å²) in [5, 5.41) is 17.8. The van der Waals surface area contributed by atoms with Crippen LogP contribution in [0, 0.1) is 6.07 Å². The second-order valence-electron chi connectivity index (χ2n) is 6.74. The second-order valence-corrected chi connectivity index (χ2v) is 8.87. The maximum Gasteiger partial charge on any atom is 0.448 e. The Morgan fingerprint density at radius 2 is 1.35 bits per heavy atom. The summed E-state index contributed by atoms with van der Waals surface area (Å²) >= 11 is 2.06. The van der Waals surface area contributed by atoms with Gasteiger partial charge in [-0.15, -0.1) is 23.5 Å². The minimum atomic E-state index is -4.76. The molecule has 15 heteroatoms. The minimum absolute atomic E-state index is 0. The minimum Gasteiger partial charge on any atom is -0.554 e. The van der Waals surface area contributed by atoms with Gasteiger partial charge >= 0.3 is 12.4 Å². The van der Waals surface area contributed by atoms with E-state index < -0.39 is 23.9 Å². The Hall–Kier alpha value is -3.01. The predicted molar refractivity (Wildman–Crippen MR) is 125 cm³/mol. The number of aliphatic hydroxyl groups is 2. The molecule has 4 rings (SSSR count). The number of allylic oxidation sites excluding steroid dienone is 2. The largest absolute Gasteiger partial charge is 0.554 e. The van der Waals surface area contributed by atoms with Crippen LogP contribution in [0.15, 0.2) is 41.9 Å². The smallest absolute Gasteiger partial charge is 0.448 e. The Morgan fingerprint density at radius 3 is 1.89 bits per heavy atom. The zero-order valence-electron chi connectivity index (χ0n) is 18.6. The first-order valence-corrected chi connectivity index (χ1v) is 11.2. The SMILES string of the molecule is COc1c[c-]c2nc(C=C(O)C(F)(F)F)sc2c1.COc1ccc2nc(C=C(O)C(F)(F)F)sc2c1.[Co]. The summed E-state index contributed by atoms with van der Waals surface area (Å²) in [6, 6.07) is 11.0. The van der Waals surface area contributed by atoms with Crippen LogP contribution in [-0.4, -0.2) is 46.8 Å². The van der Waals surface area contributed by atoms with Crippen LogP contribution in [0.3, 0.4) is 0 Å². The van der Waals surface area contributed by atoms with E-state index in [1.54, 1.807) is 30.3 Å². The molecule has 2 aromatic heterocycles. The van der Waals surface area contributed by atoms with Crippen molar-refractivity contribution in [3.8, 4) is 11.5 Å². The van der Waals surface area contributed by atoms with E-state index in [1.807, 2.05) is 0 Å². The molecule has 2 heterocycles. The number of hydrogen-bond donors (Lipinski definition) is 2. The van der Waals surface area contributed by atoms with Gasteiger partial charge in [-0.05, 0) is 23.7 Å². The van der Waals surface area contributed by atoms with E-state index in [0.29, 0.717) is 44.1 Å². The fourth-order valence-electron chi connectivity index (χ4n) is 2.55. The van der Waals surface area contributed by atoms with Crippen molar-refractivity contribution < 1.29 is 62.8 Å². The number of aliphatic hydroxyl groups excluding tert-OH is 2. The molecule has 0 saturated carbocycles. The Bertz CT molecular complexity index is 1320. The predicted octanol–water partition coefficient (Wildman–Crippen LogP) is 7.33. The fraction of sp³-hybridized carbons (Fsp3) is 0.182. The van der Waals surface area contributed by atoms with Crippen molar-refractivity contribution in [2.45, 2.75) is 12.4 Å². The molecule has 0 spiro atoms. The summed E-state index contributed by atoms with van der Waals surface area (Å²) in [4.78, 5) is 7.88. The van der Waals surface area contributed by atoms with Gasteiger partial charge in [-0.25, -0.2) is 4.98 Å². The molecule has 0 aliphatic carbocycles. The Morgan fingerprint density at radius 1 is 0.838 bits per heavy atom. The number of alkyl halides is 6. The van der Waals surface area contributed by atoms with E-state index in [-0.39, 0.29) is 26.8 Å². The van der Waals surface area contributed by atoms with Crippen molar-refractivity contribution in [3.63, 3.8) is 0 Å². The normalized spacial score (nSPS) is 12.6. The molecule has 2 aromatic carbocycles. The molecule has 0 saturated heterocycles. The molecule has 1 radical (unpaired) electrons. The number of rotatable bonds is 4. The number of nitrogens with zero attached hydrogens (tertiary/aromatic N) is 2. The number of thiazole rings is 2. The van der Waals surface area contributed by atoms with Crippen molar-refractivity contribution in [2.75, 3.05) is 14.2 Å². The van der Waals surface area contributed by atoms with Gasteiger partial charge in [0, 0.05) is 34.7 Å². The third-order valence-electron chi connectivity index (χ3n) is 4.24. The van der Waals surface area contributed by atoms with Gasteiger partial charge in [-0.3, -0.25) is 4.98 Å². The summed E-state index contributed by atoms with van der Waals surface area (Å²) < 4.78 is 84.2. The standard InChI is InChI=1S/C11H8F3NO2S.C11H7F3NO2S.Co/c2*1-17-6-2-3-7-8(4-6)18-10(15-7)5-9(16)11(12,13)14;/h2-5,16H,1H3;2,4-5,16H,1H3;/q;-1;. The molecular weight excluding hydrogens is 593 g/mol. The van der Waals surface area contributed by atoms with E-state index in [1.165, 1.54) is 14.2 Å². The van der Waals surface area contributed by atoms with Crippen LogP contribution in [0.1, 0.15) is 10.0 Å². The van der Waals surface area contributed by atoms with Crippen LogP contribution in [-0.2, 0) is 16.8 Å². The number of hydrogen-bond acceptors (Lipinski definition) is 8. The number of ether oxygens (including phenoxy) is 2. The van der Waals surface area contributed by atoms with Gasteiger partial charge in [0.2, 0.25) is 11.5 Å². The van der Waals surface area contributed by atoms with Crippen LogP contribution in [0.4, 0.5) is 26.3 Å². The molecule has 0 atom stereocenters. The van der Waals surface area contributed by atoms with E-state index >= 15 is 0 Å². The van der Waals surface area contributed by atoms with Gasteiger partial charge in [0.05, 0.1) is 24.4 Å². The molecule has 0 unspecified atom stereocenters. The Kier molecular flexibility index (Phi) is 9.82. The van der Waals surface area contributed by atoms with Gasteiger partial charge in [-0.2, -0.15) is 43.7 Å². The molecule has 4 aromatic rings. The molecule has 201 valence electrons. The monoisotopic (exact) mass is 608 g/mol. The maximum atomic E-state index is 12.1. The second kappa shape index (κ2) is 12.0. The zero-order chi connectivity index (χ0) is 26.7. The molecule has 0 bridgehead atoms. The van der Waals surface area contributed by atoms with Gasteiger partial charge in [0.1, 0.15) is 15.8 Å². The van der Waals surface area contributed by atoms with Crippen molar-refractivity contribution in [1.29, 1.82) is 0 Å². The molecule has 0 aliphatic heterocycles.